The molecule has 0 unspecified atom stereocenters. The van der Waals surface area contributed by atoms with Gasteiger partial charge in [-0.2, -0.15) is 8.42 Å². The maximum Gasteiger partial charge on any atom is 0.410 e. The Morgan fingerprint density at radius 3 is 1.40 bits per heavy atom. The summed E-state index contributed by atoms with van der Waals surface area (Å²) < 4.78 is 101. The zero-order valence-corrected chi connectivity index (χ0v) is 61.6. The zero-order valence-electron chi connectivity index (χ0n) is 58.5. The van der Waals surface area contributed by atoms with Crippen LogP contribution in [0.5, 0.6) is 11.5 Å². The number of carboxylic acids is 1. The van der Waals surface area contributed by atoms with Gasteiger partial charge in [0, 0.05) is 60.5 Å². The molecule has 2 aliphatic rings. The van der Waals surface area contributed by atoms with E-state index >= 15 is 0 Å². The number of pyridine rings is 4. The second-order valence-electron chi connectivity index (χ2n) is 28.4. The van der Waals surface area contributed by atoms with Gasteiger partial charge < -0.3 is 44.5 Å². The summed E-state index contributed by atoms with van der Waals surface area (Å²) in [5, 5.41) is 19.4. The fraction of sp³-hybridized carbons (Fsp3) is 0.486. The number of likely N-dealkylation sites (tertiary alicyclic amines) is 2. The maximum absolute atomic E-state index is 14.3. The quantitative estimate of drug-likeness (QED) is 0.0294. The van der Waals surface area contributed by atoms with Crippen molar-refractivity contribution in [3.63, 3.8) is 0 Å². The van der Waals surface area contributed by atoms with Crippen LogP contribution < -0.4 is 30.0 Å². The molecule has 8 rings (SSSR count). The molecule has 0 radical (unpaired) electrons. The lowest BCUT2D eigenvalue weighted by Gasteiger charge is -2.33. The third kappa shape index (κ3) is 25.0. The van der Waals surface area contributed by atoms with E-state index in [1.54, 1.807) is 35.2 Å². The first-order chi connectivity index (χ1) is 46.0. The Balaban J connectivity index is 0.000000260. The van der Waals surface area contributed by atoms with Crippen LogP contribution in [-0.2, 0) is 29.5 Å². The first-order valence-electron chi connectivity index (χ1n) is 32.4. The number of anilines is 2. The fourth-order valence-electron chi connectivity index (χ4n) is 10.8. The first kappa shape index (κ1) is 80.0. The first-order valence-corrected chi connectivity index (χ1v) is 36.2. The number of nitrogens with two attached hydrogens (primary N) is 1. The highest BCUT2D eigenvalue weighted by atomic mass is 35.5. The van der Waals surface area contributed by atoms with Gasteiger partial charge in [-0.3, -0.25) is 4.79 Å². The Hall–Kier alpha value is -7.98. The maximum atomic E-state index is 14.3. The number of amides is 3. The van der Waals surface area contributed by atoms with Crippen molar-refractivity contribution < 1.29 is 68.8 Å². The number of nitrogens with zero attached hydrogens (tertiary/aromatic N) is 6. The monoisotopic (exact) mass is 1450 g/mol. The lowest BCUT2D eigenvalue weighted by Crippen LogP contribution is -2.45. The number of sulfonamides is 2. The Labute approximate surface area is 589 Å². The largest absolute Gasteiger partial charge is 0.493 e. The molecule has 29 heteroatoms. The van der Waals surface area contributed by atoms with Crippen LogP contribution in [0.1, 0.15) is 156 Å². The molecule has 0 aliphatic carbocycles. The molecule has 0 spiro atoms. The summed E-state index contributed by atoms with van der Waals surface area (Å²) in [4.78, 5) is 69.1. The number of carboxylic acid groups (broad SMARTS) is 1. The van der Waals surface area contributed by atoms with Crippen molar-refractivity contribution >= 4 is 78.9 Å². The number of hydrogen-bond donors (Lipinski definition) is 5. The SMILES string of the molecule is CC(C)(C)OC(=O)N1C[C@@H](CCCNc2cccc(S(N)(=O)=O)n2)CC1(C)C.CC(C)COc1cc(F)cc(-c2ccc(C(=O)NS(=O)(=O)c3cccc(NCCC[C@@H]4CN(C(=O)OC(C)(C)C)C(C)(C)C4)n3)c(Cl)n2)c1.CC(C)COc1cc(F)cc(-c2ccc(C(=O)O)c(Cl)n2)c1. The number of aromatic carboxylic acids is 1. The number of carbonyl (C=O) groups excluding carboxylic acids is 3. The van der Waals surface area contributed by atoms with Crippen molar-refractivity contribution in [2.75, 3.05) is 50.0 Å². The molecule has 0 saturated carbocycles. The number of carbonyl (C=O) groups is 4. The number of rotatable bonds is 23. The van der Waals surface area contributed by atoms with Gasteiger partial charge in [0.05, 0.1) is 35.7 Å². The van der Waals surface area contributed by atoms with Crippen LogP contribution in [0.25, 0.3) is 22.5 Å². The van der Waals surface area contributed by atoms with Crippen LogP contribution in [0.15, 0.2) is 107 Å². The van der Waals surface area contributed by atoms with E-state index in [0.29, 0.717) is 97.1 Å². The molecule has 2 aromatic carbocycles. The summed E-state index contributed by atoms with van der Waals surface area (Å²) in [5.41, 5.74) is -0.400. The van der Waals surface area contributed by atoms with E-state index < -0.39 is 54.8 Å². The van der Waals surface area contributed by atoms with Gasteiger partial charge in [-0.15, -0.1) is 0 Å². The molecule has 2 atom stereocenters. The highest BCUT2D eigenvalue weighted by molar-refractivity contribution is 7.90. The third-order valence-electron chi connectivity index (χ3n) is 15.3. The molecule has 6 aromatic rings. The molecular formula is C70H92Cl2F2N10O13S2. The topological polar surface area (TPSA) is 314 Å². The molecule has 6 heterocycles. The van der Waals surface area contributed by atoms with Crippen molar-refractivity contribution in [1.29, 1.82) is 0 Å². The fourth-order valence-corrected chi connectivity index (χ4v) is 12.8. The summed E-state index contributed by atoms with van der Waals surface area (Å²) in [7, 11) is -8.18. The van der Waals surface area contributed by atoms with Crippen LogP contribution in [-0.4, -0.2) is 137 Å². The minimum Gasteiger partial charge on any atom is -0.493 e. The van der Waals surface area contributed by atoms with Gasteiger partial charge in [-0.1, -0.05) is 63.0 Å². The van der Waals surface area contributed by atoms with Gasteiger partial charge in [0.2, 0.25) is 0 Å². The Bertz CT molecular complexity index is 4060. The summed E-state index contributed by atoms with van der Waals surface area (Å²) in [6, 6.07) is 23.0. The number of primary sulfonamides is 1. The highest BCUT2D eigenvalue weighted by Gasteiger charge is 2.44. The minimum atomic E-state index is -4.37. The van der Waals surface area contributed by atoms with Crippen LogP contribution in [0.2, 0.25) is 10.3 Å². The van der Waals surface area contributed by atoms with E-state index in [4.69, 9.17) is 52.4 Å². The van der Waals surface area contributed by atoms with E-state index in [2.05, 4.69) is 44.4 Å². The van der Waals surface area contributed by atoms with Crippen LogP contribution in [0.3, 0.4) is 0 Å². The Morgan fingerprint density at radius 2 is 1.02 bits per heavy atom. The van der Waals surface area contributed by atoms with Gasteiger partial charge >= 0.3 is 18.2 Å². The average molecular weight is 1450 g/mol. The summed E-state index contributed by atoms with van der Waals surface area (Å²) >= 11 is 12.1. The number of aromatic nitrogens is 4. The molecule has 23 nitrogen and oxygen atoms in total. The predicted octanol–water partition coefficient (Wildman–Crippen LogP) is 14.5. The van der Waals surface area contributed by atoms with E-state index in [-0.39, 0.29) is 66.4 Å². The lowest BCUT2D eigenvalue weighted by molar-refractivity contribution is 0.0118. The average Bonchev–Trinajstić information content (AvgIpc) is 1.66. The van der Waals surface area contributed by atoms with Crippen molar-refractivity contribution in [1.82, 2.24) is 34.5 Å². The number of halogens is 4. The molecular weight excluding hydrogens is 1360 g/mol. The molecule has 0 bridgehead atoms. The van der Waals surface area contributed by atoms with Crippen LogP contribution >= 0.6 is 23.2 Å². The van der Waals surface area contributed by atoms with Crippen molar-refractivity contribution in [3.05, 3.63) is 130 Å². The van der Waals surface area contributed by atoms with Crippen LogP contribution in [0.4, 0.5) is 30.0 Å². The molecule has 2 aliphatic heterocycles. The van der Waals surface area contributed by atoms with E-state index in [0.717, 1.165) is 38.5 Å². The molecule has 3 amide bonds. The molecule has 4 aromatic heterocycles. The van der Waals surface area contributed by atoms with Crippen molar-refractivity contribution in [3.8, 4) is 34.0 Å². The molecule has 2 saturated heterocycles. The Morgan fingerprint density at radius 1 is 0.616 bits per heavy atom. The summed E-state index contributed by atoms with van der Waals surface area (Å²) in [6.45, 7) is 30.6. The minimum absolute atomic E-state index is 0.0990. The van der Waals surface area contributed by atoms with Gasteiger partial charge in [0.15, 0.2) is 10.1 Å². The van der Waals surface area contributed by atoms with Crippen molar-refractivity contribution in [2.45, 2.75) is 168 Å². The van der Waals surface area contributed by atoms with Gasteiger partial charge in [0.1, 0.15) is 56.3 Å². The molecule has 2 fully saturated rings. The molecule has 99 heavy (non-hydrogen) atoms. The van der Waals surface area contributed by atoms with Crippen LogP contribution in [0, 0.1) is 35.3 Å². The zero-order chi connectivity index (χ0) is 73.6. The summed E-state index contributed by atoms with van der Waals surface area (Å²) in [6.07, 6.45) is 4.64. The molecule has 6 N–H and O–H groups in total. The van der Waals surface area contributed by atoms with Gasteiger partial charge in [0.25, 0.3) is 26.0 Å². The van der Waals surface area contributed by atoms with E-state index in [1.807, 2.05) is 92.7 Å². The predicted molar refractivity (Wildman–Crippen MR) is 377 cm³/mol. The number of hydrogen-bond acceptors (Lipinski definition) is 18. The van der Waals surface area contributed by atoms with E-state index in [1.165, 1.54) is 66.7 Å². The van der Waals surface area contributed by atoms with Gasteiger partial charge in [-0.25, -0.2) is 61.4 Å². The van der Waals surface area contributed by atoms with Crippen molar-refractivity contribution in [2.24, 2.45) is 28.8 Å². The second-order valence-corrected chi connectivity index (χ2v) is 32.3. The Kier molecular flexibility index (Phi) is 27.4. The number of benzene rings is 2. The van der Waals surface area contributed by atoms with E-state index in [9.17, 15) is 44.8 Å². The summed E-state index contributed by atoms with van der Waals surface area (Å²) in [5.74, 6) is -0.384. The third-order valence-corrected chi connectivity index (χ3v) is 17.9. The normalized spacial score (nSPS) is 15.8. The molecule has 540 valence electrons. The number of nitrogens with one attached hydrogen (secondary N) is 3. The number of ether oxygens (including phenoxy) is 4. The van der Waals surface area contributed by atoms with Gasteiger partial charge in [-0.05, 0) is 204 Å². The smallest absolute Gasteiger partial charge is 0.410 e. The standard InChI is InChI=1S/C35H45ClFN5O6S.C19H32N4O4S.C16H15ClFNO3/c1-22(2)21-47-26-17-24(16-25(37)18-26)28-14-13-27(31(36)39-28)32(43)41-49(45,46)30-12-8-11-29(40-30)38-15-9-10-23-19-35(6,7)42(20-23)33(44)48-34(3,4)5;1-18(2,3)27-17(24)23-13-14(12-19(23,4)5)8-7-11-21-15-9-6-10-16(22-15)28(20,25)26;1-9(2)8-22-12-6-10(5-11(18)7-12)14-4-3-13(16(20)21)15(17)19-14/h8,11-14,16-18,22-23H,9-10,15,19-21H2,1-7H3,(H,38,40)(H,41,43);6,9-10,14H,7-8,11-13H2,1-5H3,(H,21,22)(H2,20,25,26);3-7,9H,8H2,1-2H3,(H,20,21)/t23-;14-;/m00./s1. The highest BCUT2D eigenvalue weighted by Crippen LogP contribution is 2.38. The second kappa shape index (κ2) is 33.9. The lowest BCUT2D eigenvalue weighted by atomic mass is 9.93.